The highest BCUT2D eigenvalue weighted by Crippen LogP contribution is 2.55. The maximum Gasteiger partial charge on any atom is 0.119 e. The van der Waals surface area contributed by atoms with Gasteiger partial charge in [0, 0.05) is 0 Å². The number of aryl methyl sites for hydroxylation is 8. The molecule has 4 nitrogen and oxygen atoms in total. The standard InChI is InChI=1S/C52H50O4.2C10H12/c1-27-17-35(53-9)18-28(2)47(27)43-25-44(48-29(3)19-36(54-10)20-30(48)4)40-15-16-42-46(50-33(7)23-38(56-12)24-34(50)8)26-45(41-14-13-39(43)51(40)52(41)42)49-31(5)21-37(55-11)22-32(49)6;2*1-2-9-7-4-5-8(6-7)10(9)3-1/h13-26H,1-12H3;2*1-2,4-5,7-10H,3,6H2/t;2*7-,8+,9-,10+/m.10/s1. The minimum absolute atomic E-state index is 0.869. The van der Waals surface area contributed by atoms with Crippen LogP contribution in [-0.4, -0.2) is 28.4 Å². The van der Waals surface area contributed by atoms with E-state index in [1.165, 1.54) is 147 Å². The Hall–Kier alpha value is -7.04. The Balaban J connectivity index is 0.000000235. The second-order valence-electron chi connectivity index (χ2n) is 23.3. The van der Waals surface area contributed by atoms with Crippen LogP contribution in [0.4, 0.5) is 0 Å². The zero-order valence-corrected chi connectivity index (χ0v) is 46.8. The van der Waals surface area contributed by atoms with Crippen LogP contribution in [0.1, 0.15) is 70.2 Å². The normalized spacial score (nSPS) is 22.8. The summed E-state index contributed by atoms with van der Waals surface area (Å²) in [5.74, 6) is 11.1. The van der Waals surface area contributed by atoms with E-state index in [1.54, 1.807) is 28.4 Å². The van der Waals surface area contributed by atoms with Crippen molar-refractivity contribution in [3.8, 4) is 67.5 Å². The zero-order chi connectivity index (χ0) is 52.8. The molecule has 6 aliphatic rings. The molecule has 0 spiro atoms. The first-order valence-corrected chi connectivity index (χ1v) is 27.9. The highest BCUT2D eigenvalue weighted by atomic mass is 16.5. The van der Waals surface area contributed by atoms with Crippen molar-refractivity contribution in [3.05, 3.63) is 178 Å². The van der Waals surface area contributed by atoms with Crippen LogP contribution < -0.4 is 18.9 Å². The molecule has 8 aromatic carbocycles. The van der Waals surface area contributed by atoms with Crippen LogP contribution in [0.3, 0.4) is 0 Å². The molecule has 2 saturated carbocycles. The Morgan fingerprint density at radius 3 is 0.803 bits per heavy atom. The van der Waals surface area contributed by atoms with Gasteiger partial charge in [0.1, 0.15) is 23.0 Å². The lowest BCUT2D eigenvalue weighted by Crippen LogP contribution is -2.12. The van der Waals surface area contributed by atoms with Gasteiger partial charge in [-0.05, 0) is 310 Å². The van der Waals surface area contributed by atoms with Crippen LogP contribution in [0.5, 0.6) is 23.0 Å². The highest BCUT2D eigenvalue weighted by Gasteiger charge is 2.45. The summed E-state index contributed by atoms with van der Waals surface area (Å²) in [6.07, 6.45) is 25.0. The van der Waals surface area contributed by atoms with Crippen molar-refractivity contribution in [1.29, 1.82) is 0 Å². The number of benzene rings is 8. The number of rotatable bonds is 8. The number of ether oxygens (including phenoxy) is 4. The third kappa shape index (κ3) is 8.16. The summed E-state index contributed by atoms with van der Waals surface area (Å²) in [7, 11) is 6.96. The van der Waals surface area contributed by atoms with Crippen LogP contribution in [0.2, 0.25) is 0 Å². The van der Waals surface area contributed by atoms with Crippen LogP contribution in [-0.2, 0) is 0 Å². The van der Waals surface area contributed by atoms with E-state index in [0.717, 1.165) is 70.3 Å². The Labute approximate surface area is 451 Å². The molecule has 0 heterocycles. The molecule has 0 aliphatic heterocycles. The molecule has 6 aliphatic carbocycles. The average molecular weight is 1000 g/mol. The number of fused-ring (bicyclic) bond motifs is 10. The van der Waals surface area contributed by atoms with Crippen molar-refractivity contribution < 1.29 is 18.9 Å². The number of hydrogen-bond acceptors (Lipinski definition) is 4. The smallest absolute Gasteiger partial charge is 0.119 e. The first-order chi connectivity index (χ1) is 36.8. The van der Waals surface area contributed by atoms with Crippen LogP contribution >= 0.6 is 0 Å². The highest BCUT2D eigenvalue weighted by molar-refractivity contribution is 6.32. The van der Waals surface area contributed by atoms with E-state index in [2.05, 4.69) is 189 Å². The predicted molar refractivity (Wildman–Crippen MR) is 319 cm³/mol. The van der Waals surface area contributed by atoms with E-state index in [-0.39, 0.29) is 0 Å². The largest absolute Gasteiger partial charge is 0.497 e. The summed E-state index contributed by atoms with van der Waals surface area (Å²) in [5.41, 5.74) is 19.3. The Morgan fingerprint density at radius 2 is 0.566 bits per heavy atom. The third-order valence-electron chi connectivity index (χ3n) is 18.9. The summed E-state index contributed by atoms with van der Waals surface area (Å²) in [6, 6.07) is 31.6. The first-order valence-electron chi connectivity index (χ1n) is 27.9. The topological polar surface area (TPSA) is 36.9 Å². The molecule has 0 unspecified atom stereocenters. The molecule has 0 N–H and O–H groups in total. The molecular weight excluding hydrogens is 929 g/mol. The lowest BCUT2D eigenvalue weighted by atomic mass is 9.79. The predicted octanol–water partition coefficient (Wildman–Crippen LogP) is 18.5. The molecule has 0 amide bonds. The van der Waals surface area contributed by atoms with Crippen molar-refractivity contribution in [3.63, 3.8) is 0 Å². The molecule has 0 aromatic heterocycles. The van der Waals surface area contributed by atoms with Gasteiger partial charge in [-0.15, -0.1) is 0 Å². The fraction of sp³-hybridized carbons (Fsp3) is 0.333. The summed E-state index contributed by atoms with van der Waals surface area (Å²) < 4.78 is 23.0. The van der Waals surface area contributed by atoms with Crippen molar-refractivity contribution in [2.45, 2.75) is 81.1 Å². The maximum atomic E-state index is 5.74. The van der Waals surface area contributed by atoms with Crippen molar-refractivity contribution in [1.82, 2.24) is 0 Å². The van der Waals surface area contributed by atoms with Crippen LogP contribution in [0, 0.1) is 103 Å². The van der Waals surface area contributed by atoms with E-state index in [0.29, 0.717) is 0 Å². The van der Waals surface area contributed by atoms with E-state index in [4.69, 9.17) is 18.9 Å². The van der Waals surface area contributed by atoms with Gasteiger partial charge in [-0.2, -0.15) is 0 Å². The van der Waals surface area contributed by atoms with E-state index < -0.39 is 0 Å². The first kappa shape index (κ1) is 49.8. The van der Waals surface area contributed by atoms with Gasteiger partial charge < -0.3 is 18.9 Å². The third-order valence-corrected chi connectivity index (χ3v) is 18.9. The minimum Gasteiger partial charge on any atom is -0.497 e. The average Bonchev–Trinajstić information content (AvgIpc) is 4.39. The van der Waals surface area contributed by atoms with E-state index >= 15 is 0 Å². The van der Waals surface area contributed by atoms with Crippen molar-refractivity contribution in [2.24, 2.45) is 47.3 Å². The second-order valence-corrected chi connectivity index (χ2v) is 23.3. The van der Waals surface area contributed by atoms with Gasteiger partial charge in [-0.25, -0.2) is 0 Å². The van der Waals surface area contributed by atoms with Gasteiger partial charge in [0.2, 0.25) is 0 Å². The Bertz CT molecular complexity index is 3220. The van der Waals surface area contributed by atoms with Gasteiger partial charge in [0.15, 0.2) is 0 Å². The fourth-order valence-electron chi connectivity index (χ4n) is 15.6. The van der Waals surface area contributed by atoms with Gasteiger partial charge >= 0.3 is 0 Å². The Kier molecular flexibility index (Phi) is 12.8. The van der Waals surface area contributed by atoms with Gasteiger partial charge in [-0.3, -0.25) is 0 Å². The summed E-state index contributed by atoms with van der Waals surface area (Å²) in [5, 5.41) is 7.47. The molecule has 0 radical (unpaired) electrons. The second kappa shape index (κ2) is 19.5. The molecule has 4 bridgehead atoms. The number of methoxy groups -OCH3 is 4. The molecular formula is C72H74O4. The SMILES string of the molecule is C1=C[C@@H]2[C@H](C1)[C@@H]1C=C[C@H]2C1.C1=C[C@H]2[C@@H](C1)[C@H]1C=C[C@@H]2C1.COc1cc(C)c(-c2cc(-c3c(C)cc(OC)cc3C)c3ccc4c(-c5c(C)cc(OC)cc5C)cc(-c5c(C)cc(OC)cc5C)c5ccc2c3c54)c(C)c1. The molecule has 2 fully saturated rings. The van der Waals surface area contributed by atoms with Gasteiger partial charge in [0.05, 0.1) is 28.4 Å². The minimum atomic E-state index is 0.869. The van der Waals surface area contributed by atoms with E-state index in [1.807, 2.05) is 0 Å². The molecule has 14 rings (SSSR count). The summed E-state index contributed by atoms with van der Waals surface area (Å²) >= 11 is 0. The molecule has 76 heavy (non-hydrogen) atoms. The zero-order valence-electron chi connectivity index (χ0n) is 46.8. The van der Waals surface area contributed by atoms with Gasteiger partial charge in [0.25, 0.3) is 0 Å². The lowest BCUT2D eigenvalue weighted by Gasteiger charge is -2.25. The summed E-state index contributed by atoms with van der Waals surface area (Å²) in [4.78, 5) is 0. The summed E-state index contributed by atoms with van der Waals surface area (Å²) in [6.45, 7) is 17.6. The number of hydrogen-bond donors (Lipinski definition) is 0. The molecule has 4 heteroatoms. The van der Waals surface area contributed by atoms with Crippen molar-refractivity contribution >= 4 is 32.3 Å². The lowest BCUT2D eigenvalue weighted by molar-refractivity contribution is 0.398. The molecule has 386 valence electrons. The van der Waals surface area contributed by atoms with Crippen LogP contribution in [0.15, 0.2) is 134 Å². The number of allylic oxidation sites excluding steroid dienone is 8. The molecule has 8 atom stereocenters. The molecule has 8 aromatic rings. The van der Waals surface area contributed by atoms with Crippen LogP contribution in [0.25, 0.3) is 76.8 Å². The van der Waals surface area contributed by atoms with E-state index in [9.17, 15) is 0 Å². The fourth-order valence-corrected chi connectivity index (χ4v) is 15.6. The monoisotopic (exact) mass is 1000 g/mol. The maximum absolute atomic E-state index is 5.74. The quantitative estimate of drug-likeness (QED) is 0.112. The Morgan fingerprint density at radius 1 is 0.316 bits per heavy atom. The molecule has 0 saturated heterocycles. The van der Waals surface area contributed by atoms with Crippen molar-refractivity contribution in [2.75, 3.05) is 28.4 Å². The van der Waals surface area contributed by atoms with Gasteiger partial charge in [-0.1, -0.05) is 72.9 Å².